The zero-order valence-electron chi connectivity index (χ0n) is 17.8. The summed E-state index contributed by atoms with van der Waals surface area (Å²) in [6, 6.07) is 8.60. The van der Waals surface area contributed by atoms with Crippen LogP contribution in [0.25, 0.3) is 10.9 Å². The highest BCUT2D eigenvalue weighted by atomic mass is 19.1. The van der Waals surface area contributed by atoms with Gasteiger partial charge in [0.1, 0.15) is 17.2 Å². The monoisotopic (exact) mass is 424 g/mol. The highest BCUT2D eigenvalue weighted by molar-refractivity contribution is 5.93. The van der Waals surface area contributed by atoms with Gasteiger partial charge < -0.3 is 19.5 Å². The predicted molar refractivity (Wildman–Crippen MR) is 119 cm³/mol. The number of rotatable bonds is 3. The van der Waals surface area contributed by atoms with Crippen molar-refractivity contribution in [1.82, 2.24) is 9.55 Å². The van der Waals surface area contributed by atoms with E-state index in [4.69, 9.17) is 0 Å². The van der Waals surface area contributed by atoms with E-state index in [-0.39, 0.29) is 10.9 Å². The van der Waals surface area contributed by atoms with Crippen LogP contribution in [-0.4, -0.2) is 46.8 Å². The van der Waals surface area contributed by atoms with Crippen LogP contribution in [0, 0.1) is 5.82 Å². The molecule has 0 aliphatic carbocycles. The first kappa shape index (κ1) is 20.8. The Morgan fingerprint density at radius 1 is 1.10 bits per heavy atom. The van der Waals surface area contributed by atoms with Crippen LogP contribution in [0.1, 0.15) is 31.1 Å². The van der Waals surface area contributed by atoms with Crippen LogP contribution >= 0.6 is 0 Å². The molecule has 0 radical (unpaired) electrons. The molecule has 1 saturated heterocycles. The summed E-state index contributed by atoms with van der Waals surface area (Å²) in [5.41, 5.74) is -0.602. The number of aromatic carboxylic acids is 1. The van der Waals surface area contributed by atoms with Gasteiger partial charge in [0.25, 0.3) is 0 Å². The normalized spacial score (nSPS) is 14.8. The number of aromatic nitrogens is 2. The molecule has 0 saturated carbocycles. The largest absolute Gasteiger partial charge is 0.477 e. The lowest BCUT2D eigenvalue weighted by molar-refractivity contribution is 0.0694. The summed E-state index contributed by atoms with van der Waals surface area (Å²) in [5, 5.41) is 9.51. The van der Waals surface area contributed by atoms with E-state index in [1.165, 1.54) is 12.3 Å². The van der Waals surface area contributed by atoms with Crippen molar-refractivity contribution in [3.8, 4) is 0 Å². The molecule has 162 valence electrons. The number of benzene rings is 1. The summed E-state index contributed by atoms with van der Waals surface area (Å²) in [6.07, 6.45) is 3.11. The zero-order chi connectivity index (χ0) is 22.3. The second kappa shape index (κ2) is 7.68. The van der Waals surface area contributed by atoms with Crippen LogP contribution in [0.4, 0.5) is 15.9 Å². The van der Waals surface area contributed by atoms with Gasteiger partial charge in [-0.2, -0.15) is 0 Å². The lowest BCUT2D eigenvalue weighted by Crippen LogP contribution is -2.47. The Kier molecular flexibility index (Phi) is 5.16. The maximum atomic E-state index is 15.1. The number of hydrogen-bond acceptors (Lipinski definition) is 5. The number of carboxylic acids is 1. The lowest BCUT2D eigenvalue weighted by Gasteiger charge is -2.37. The van der Waals surface area contributed by atoms with Crippen LogP contribution in [0.5, 0.6) is 0 Å². The second-order valence-corrected chi connectivity index (χ2v) is 8.70. The van der Waals surface area contributed by atoms with Crippen molar-refractivity contribution >= 4 is 28.4 Å². The zero-order valence-corrected chi connectivity index (χ0v) is 17.8. The molecule has 3 heterocycles. The summed E-state index contributed by atoms with van der Waals surface area (Å²) >= 11 is 0. The van der Waals surface area contributed by atoms with Crippen molar-refractivity contribution in [3.63, 3.8) is 0 Å². The summed E-state index contributed by atoms with van der Waals surface area (Å²) in [5.74, 6) is -0.956. The van der Waals surface area contributed by atoms with E-state index in [1.807, 2.05) is 43.9 Å². The van der Waals surface area contributed by atoms with Gasteiger partial charge in [0.15, 0.2) is 0 Å². The van der Waals surface area contributed by atoms with Crippen LogP contribution < -0.4 is 15.2 Å². The van der Waals surface area contributed by atoms with E-state index in [9.17, 15) is 14.7 Å². The number of halogens is 1. The molecule has 1 aliphatic rings. The summed E-state index contributed by atoms with van der Waals surface area (Å²) in [7, 11) is 0. The molecule has 1 fully saturated rings. The lowest BCUT2D eigenvalue weighted by atomic mass is 10.0. The van der Waals surface area contributed by atoms with Crippen LogP contribution in [0.15, 0.2) is 47.5 Å². The maximum absolute atomic E-state index is 15.1. The number of carbonyl (C=O) groups is 1. The van der Waals surface area contributed by atoms with E-state index in [0.717, 1.165) is 5.82 Å². The fourth-order valence-corrected chi connectivity index (χ4v) is 4.00. The van der Waals surface area contributed by atoms with Crippen molar-refractivity contribution in [2.75, 3.05) is 36.0 Å². The molecule has 7 nitrogen and oxygen atoms in total. The SMILES string of the molecule is CC(C)(C)n1cc(C(=O)O)c(=O)c2cc(F)c(N3CCN(c4ccccn4)CC3)cc21. The number of hydrogen-bond donors (Lipinski definition) is 1. The molecule has 1 aliphatic heterocycles. The van der Waals surface area contributed by atoms with Crippen molar-refractivity contribution in [2.24, 2.45) is 0 Å². The number of fused-ring (bicyclic) bond motifs is 1. The Morgan fingerprint density at radius 3 is 2.35 bits per heavy atom. The first-order valence-corrected chi connectivity index (χ1v) is 10.2. The minimum absolute atomic E-state index is 0.0724. The maximum Gasteiger partial charge on any atom is 0.341 e. The van der Waals surface area contributed by atoms with Crippen molar-refractivity contribution in [1.29, 1.82) is 0 Å². The summed E-state index contributed by atoms with van der Waals surface area (Å²) < 4.78 is 16.8. The van der Waals surface area contributed by atoms with Gasteiger partial charge >= 0.3 is 5.97 Å². The molecular formula is C23H25FN4O3. The van der Waals surface area contributed by atoms with Gasteiger partial charge in [-0.05, 0) is 45.0 Å². The van der Waals surface area contributed by atoms with Gasteiger partial charge in [0, 0.05) is 49.5 Å². The Morgan fingerprint density at radius 2 is 1.77 bits per heavy atom. The number of pyridine rings is 2. The smallest absolute Gasteiger partial charge is 0.341 e. The molecule has 31 heavy (non-hydrogen) atoms. The first-order chi connectivity index (χ1) is 14.7. The molecule has 1 aromatic carbocycles. The predicted octanol–water partition coefficient (Wildman–Crippen LogP) is 3.32. The first-order valence-electron chi connectivity index (χ1n) is 10.2. The van der Waals surface area contributed by atoms with Crippen LogP contribution in [-0.2, 0) is 5.54 Å². The van der Waals surface area contributed by atoms with Gasteiger partial charge in [-0.15, -0.1) is 0 Å². The van der Waals surface area contributed by atoms with Gasteiger partial charge in [-0.1, -0.05) is 6.07 Å². The van der Waals surface area contributed by atoms with Gasteiger partial charge in [0.2, 0.25) is 5.43 Å². The molecule has 8 heteroatoms. The highest BCUT2D eigenvalue weighted by Gasteiger charge is 2.25. The molecule has 1 N–H and O–H groups in total. The third kappa shape index (κ3) is 3.85. The van der Waals surface area contributed by atoms with E-state index >= 15 is 4.39 Å². The molecule has 0 bridgehead atoms. The molecule has 3 aromatic rings. The van der Waals surface area contributed by atoms with E-state index in [0.29, 0.717) is 37.4 Å². The van der Waals surface area contributed by atoms with E-state index in [2.05, 4.69) is 9.88 Å². The molecule has 4 rings (SSSR count). The highest BCUT2D eigenvalue weighted by Crippen LogP contribution is 2.29. The minimum Gasteiger partial charge on any atom is -0.477 e. The Labute approximate surface area is 179 Å². The Bertz CT molecular complexity index is 1190. The van der Waals surface area contributed by atoms with E-state index in [1.54, 1.807) is 16.8 Å². The van der Waals surface area contributed by atoms with E-state index < -0.39 is 22.8 Å². The number of anilines is 2. The Balaban J connectivity index is 1.75. The molecular weight excluding hydrogens is 399 g/mol. The van der Waals surface area contributed by atoms with Crippen LogP contribution in [0.2, 0.25) is 0 Å². The summed E-state index contributed by atoms with van der Waals surface area (Å²) in [4.78, 5) is 32.8. The van der Waals surface area contributed by atoms with Crippen molar-refractivity contribution in [3.05, 3.63) is 64.3 Å². The van der Waals surface area contributed by atoms with Gasteiger partial charge in [0.05, 0.1) is 11.2 Å². The third-order valence-corrected chi connectivity index (χ3v) is 5.62. The average Bonchev–Trinajstić information content (AvgIpc) is 2.73. The number of carboxylic acid groups (broad SMARTS) is 1. The Hall–Kier alpha value is -3.42. The third-order valence-electron chi connectivity index (χ3n) is 5.62. The molecule has 0 amide bonds. The van der Waals surface area contributed by atoms with Gasteiger partial charge in [-0.25, -0.2) is 14.2 Å². The second-order valence-electron chi connectivity index (χ2n) is 8.70. The summed E-state index contributed by atoms with van der Waals surface area (Å²) in [6.45, 7) is 8.33. The number of piperazine rings is 1. The topological polar surface area (TPSA) is 78.7 Å². The standard InChI is InChI=1S/C23H25FN4O3/c1-23(2,3)28-14-16(22(30)31)21(29)15-12-17(24)19(13-18(15)28)26-8-10-27(11-9-26)20-6-4-5-7-25-20/h4-7,12-14H,8-11H2,1-3H3,(H,30,31). The molecule has 2 aromatic heterocycles. The fraction of sp³-hybridized carbons (Fsp3) is 0.348. The fourth-order valence-electron chi connectivity index (χ4n) is 4.00. The van der Waals surface area contributed by atoms with Crippen molar-refractivity contribution < 1.29 is 14.3 Å². The quantitative estimate of drug-likeness (QED) is 0.695. The molecule has 0 atom stereocenters. The van der Waals surface area contributed by atoms with Crippen LogP contribution in [0.3, 0.4) is 0 Å². The molecule has 0 unspecified atom stereocenters. The average molecular weight is 424 g/mol. The van der Waals surface area contributed by atoms with Crippen molar-refractivity contribution in [2.45, 2.75) is 26.3 Å². The minimum atomic E-state index is -1.32. The molecule has 0 spiro atoms. The number of nitrogens with zero attached hydrogens (tertiary/aromatic N) is 4. The van der Waals surface area contributed by atoms with Gasteiger partial charge in [-0.3, -0.25) is 4.79 Å².